The van der Waals surface area contributed by atoms with Gasteiger partial charge in [0.15, 0.2) is 0 Å². The van der Waals surface area contributed by atoms with Crippen molar-refractivity contribution < 1.29 is 38.8 Å². The first-order valence-corrected chi connectivity index (χ1v) is 22.9. The molecule has 2 N–H and O–H groups in total. The Hall–Kier alpha value is -6.20. The van der Waals surface area contributed by atoms with E-state index in [1.54, 1.807) is 18.0 Å². The van der Waals surface area contributed by atoms with Gasteiger partial charge >= 0.3 is 6.09 Å². The van der Waals surface area contributed by atoms with Crippen LogP contribution in [-0.2, 0) is 27.5 Å². The third-order valence-corrected chi connectivity index (χ3v) is 13.1. The van der Waals surface area contributed by atoms with Crippen LogP contribution in [0.5, 0.6) is 17.2 Å². The Morgan fingerprint density at radius 3 is 2.11 bits per heavy atom. The van der Waals surface area contributed by atoms with Gasteiger partial charge in [0.25, 0.3) is 0 Å². The number of hydrogen-bond donors (Lipinski definition) is 2. The summed E-state index contributed by atoms with van der Waals surface area (Å²) in [5.74, 6) is 0.0682. The Balaban J connectivity index is 1.24. The molecule has 1 saturated carbocycles. The molecule has 1 fully saturated rings. The molecule has 8 rings (SSSR count). The third-order valence-electron chi connectivity index (χ3n) is 13.1. The number of amides is 1. The number of aliphatic hydroxyl groups excluding tert-OH is 2. The second kappa shape index (κ2) is 21.7. The van der Waals surface area contributed by atoms with Crippen molar-refractivity contribution in [1.82, 2.24) is 4.90 Å². The molecule has 338 valence electrons. The molecule has 5 aromatic rings. The highest BCUT2D eigenvalue weighted by atomic mass is 16.7. The van der Waals surface area contributed by atoms with E-state index in [0.717, 1.165) is 59.1 Å². The molecule has 3 aliphatic rings. The lowest BCUT2D eigenvalue weighted by Crippen LogP contribution is -2.69. The molecule has 0 saturated heterocycles. The summed E-state index contributed by atoms with van der Waals surface area (Å²) in [7, 11) is 1.74. The maximum Gasteiger partial charge on any atom is 0.410 e. The smallest absolute Gasteiger partial charge is 0.410 e. The van der Waals surface area contributed by atoms with Crippen LogP contribution in [0.2, 0.25) is 0 Å². The van der Waals surface area contributed by atoms with Crippen molar-refractivity contribution >= 4 is 11.8 Å². The van der Waals surface area contributed by atoms with Gasteiger partial charge in [0, 0.05) is 38.2 Å². The SMILES string of the molecule is C=CCO[C@@]12Oc3ccc(Oc4ccc(-c5ccccc5)cc4)cc3[C@H]3[C@H](CCCCO)[C@@H](CCCCO)C=C(C(=NOCc4ccccc4)C[C@@H]1N(C)C(=O)OCc1ccccc1)[C@H]32. The quantitative estimate of drug-likeness (QED) is 0.0451. The average molecular weight is 877 g/mol. The van der Waals surface area contributed by atoms with E-state index in [1.165, 1.54) is 0 Å². The van der Waals surface area contributed by atoms with Gasteiger partial charge in [-0.1, -0.05) is 133 Å². The summed E-state index contributed by atoms with van der Waals surface area (Å²) < 4.78 is 27.0. The fraction of sp³-hybridized carbons (Fsp3) is 0.345. The largest absolute Gasteiger partial charge is 0.459 e. The van der Waals surface area contributed by atoms with Crippen molar-refractivity contribution in [2.24, 2.45) is 22.9 Å². The summed E-state index contributed by atoms with van der Waals surface area (Å²) in [5, 5.41) is 24.9. The zero-order valence-electron chi connectivity index (χ0n) is 37.2. The lowest BCUT2D eigenvalue weighted by Gasteiger charge is -2.59. The van der Waals surface area contributed by atoms with Gasteiger partial charge in [-0.05, 0) is 95.7 Å². The van der Waals surface area contributed by atoms with E-state index in [0.29, 0.717) is 35.8 Å². The lowest BCUT2D eigenvalue weighted by molar-refractivity contribution is -0.253. The first kappa shape index (κ1) is 45.4. The Bertz CT molecular complexity index is 2390. The van der Waals surface area contributed by atoms with E-state index in [1.807, 2.05) is 103 Å². The molecule has 65 heavy (non-hydrogen) atoms. The molecule has 1 amide bonds. The zero-order valence-corrected chi connectivity index (χ0v) is 37.2. The van der Waals surface area contributed by atoms with E-state index >= 15 is 0 Å². The number of benzene rings is 5. The summed E-state index contributed by atoms with van der Waals surface area (Å²) in [6, 6.07) is 43.1. The Kier molecular flexibility index (Phi) is 15.1. The molecular weight excluding hydrogens is 817 g/mol. The van der Waals surface area contributed by atoms with Gasteiger partial charge in [0.05, 0.1) is 18.2 Å². The predicted molar refractivity (Wildman–Crippen MR) is 253 cm³/mol. The molecule has 10 heteroatoms. The lowest BCUT2D eigenvalue weighted by atomic mass is 9.55. The molecule has 1 heterocycles. The van der Waals surface area contributed by atoms with Crippen LogP contribution in [0.3, 0.4) is 0 Å². The standard InChI is InChI=1S/C55H60N2O8/c1-3-33-62-55-51(57(2)54(60)61-37-39-17-7-4-8-18-39)36-49(56-63-38-40-19-9-5-10-20-40)47-34-43(23-13-15-31-58)46(24-14-16-32-59)52(53(47)55)48-35-45(29-30-50(48)65-55)64-44-27-25-42(26-28-44)41-21-11-6-12-22-41/h3-12,17-22,25-30,34-35,43,46,51-53,58-59H,1,13-16,23-24,31-33,36-38H2,2H3/t43-,46+,51-,52+,53+,55+/m0/s1. The second-order valence-electron chi connectivity index (χ2n) is 17.2. The van der Waals surface area contributed by atoms with E-state index in [9.17, 15) is 15.0 Å². The molecule has 0 radical (unpaired) electrons. The number of oxime groups is 1. The van der Waals surface area contributed by atoms with Crippen molar-refractivity contribution in [3.8, 4) is 28.4 Å². The number of fused-ring (bicyclic) bond motifs is 2. The summed E-state index contributed by atoms with van der Waals surface area (Å²) >= 11 is 0. The number of allylic oxidation sites excluding steroid dienone is 1. The number of hydrogen-bond acceptors (Lipinski definition) is 9. The number of nitrogens with zero attached hydrogens (tertiary/aromatic N) is 2. The van der Waals surface area contributed by atoms with Crippen LogP contribution < -0.4 is 9.47 Å². The van der Waals surface area contributed by atoms with Crippen molar-refractivity contribution in [3.63, 3.8) is 0 Å². The highest BCUT2D eigenvalue weighted by Gasteiger charge is 2.65. The number of carbonyl (C=O) groups excluding carboxylic acids is 1. The van der Waals surface area contributed by atoms with Crippen molar-refractivity contribution in [3.05, 3.63) is 174 Å². The number of carbonyl (C=O) groups is 1. The van der Waals surface area contributed by atoms with Gasteiger partial charge in [-0.2, -0.15) is 0 Å². The van der Waals surface area contributed by atoms with E-state index in [2.05, 4.69) is 43.0 Å². The summed E-state index contributed by atoms with van der Waals surface area (Å²) in [5.41, 5.74) is 6.71. The zero-order chi connectivity index (χ0) is 45.0. The maximum absolute atomic E-state index is 14.3. The summed E-state index contributed by atoms with van der Waals surface area (Å²) in [6.07, 6.45) is 8.42. The van der Waals surface area contributed by atoms with E-state index < -0.39 is 23.8 Å². The van der Waals surface area contributed by atoms with Crippen LogP contribution in [0, 0.1) is 17.8 Å². The van der Waals surface area contributed by atoms with Crippen LogP contribution >= 0.6 is 0 Å². The Morgan fingerprint density at radius 2 is 1.43 bits per heavy atom. The summed E-state index contributed by atoms with van der Waals surface area (Å²) in [6.45, 7) is 4.76. The van der Waals surface area contributed by atoms with Crippen LogP contribution in [0.15, 0.2) is 163 Å². The number of rotatable bonds is 20. The number of aliphatic hydroxyl groups is 2. The molecule has 2 aliphatic carbocycles. The minimum absolute atomic E-state index is 0.0596. The van der Waals surface area contributed by atoms with Crippen LogP contribution in [0.25, 0.3) is 11.1 Å². The van der Waals surface area contributed by atoms with E-state index in [4.69, 9.17) is 28.9 Å². The van der Waals surface area contributed by atoms with Crippen molar-refractivity contribution in [2.75, 3.05) is 26.9 Å². The average Bonchev–Trinajstić information content (AvgIpc) is 3.35. The predicted octanol–water partition coefficient (Wildman–Crippen LogP) is 11.2. The van der Waals surface area contributed by atoms with Crippen molar-refractivity contribution in [2.45, 2.75) is 75.9 Å². The summed E-state index contributed by atoms with van der Waals surface area (Å²) in [4.78, 5) is 22.1. The first-order valence-electron chi connectivity index (χ1n) is 22.9. The number of ether oxygens (including phenoxy) is 4. The van der Waals surface area contributed by atoms with Gasteiger partial charge in [0.1, 0.15) is 36.5 Å². The van der Waals surface area contributed by atoms with Crippen LogP contribution in [0.4, 0.5) is 4.79 Å². The fourth-order valence-electron chi connectivity index (χ4n) is 9.98. The Labute approximate surface area is 382 Å². The molecule has 0 unspecified atom stereocenters. The monoisotopic (exact) mass is 876 g/mol. The van der Waals surface area contributed by atoms with Gasteiger partial charge in [0.2, 0.25) is 5.79 Å². The second-order valence-corrected chi connectivity index (χ2v) is 17.2. The molecule has 0 aromatic heterocycles. The molecular formula is C55H60N2O8. The van der Waals surface area contributed by atoms with Gasteiger partial charge < -0.3 is 38.9 Å². The molecule has 0 spiro atoms. The van der Waals surface area contributed by atoms with Crippen molar-refractivity contribution in [1.29, 1.82) is 0 Å². The minimum Gasteiger partial charge on any atom is -0.459 e. The number of likely N-dealkylation sites (N-methyl/N-ethyl adjacent to an activating group) is 1. The van der Waals surface area contributed by atoms with Crippen LogP contribution in [0.1, 0.15) is 67.6 Å². The topological polar surface area (TPSA) is 119 Å². The maximum atomic E-state index is 14.3. The highest BCUT2D eigenvalue weighted by Crippen LogP contribution is 2.62. The third kappa shape index (κ3) is 10.4. The van der Waals surface area contributed by atoms with Gasteiger partial charge in [-0.25, -0.2) is 4.79 Å². The molecule has 6 atom stereocenters. The molecule has 0 bridgehead atoms. The molecule has 1 aliphatic heterocycles. The highest BCUT2D eigenvalue weighted by molar-refractivity contribution is 6.03. The van der Waals surface area contributed by atoms with Gasteiger partial charge in [-0.3, -0.25) is 0 Å². The minimum atomic E-state index is -1.41. The van der Waals surface area contributed by atoms with Crippen LogP contribution in [-0.4, -0.2) is 65.6 Å². The molecule has 10 nitrogen and oxygen atoms in total. The molecule has 5 aromatic carbocycles. The Morgan fingerprint density at radius 1 is 0.800 bits per heavy atom. The first-order chi connectivity index (χ1) is 31.9. The fourth-order valence-corrected chi connectivity index (χ4v) is 9.98. The number of unbranched alkanes of at least 4 members (excludes halogenated alkanes) is 2. The van der Waals surface area contributed by atoms with E-state index in [-0.39, 0.29) is 57.2 Å². The normalized spacial score (nSPS) is 22.4. The van der Waals surface area contributed by atoms with Gasteiger partial charge in [-0.15, -0.1) is 6.58 Å².